The number of para-hydroxylation sites is 3. The molecule has 1 aliphatic rings. The number of phenols is 1. The SMILES string of the molecule is Cc1cc([C@@H]2[C@H](c3ccccn3)NC(=S)N2c2ccccc2O)c(C)n1-c1ccccc1C(=O)O. The summed E-state index contributed by atoms with van der Waals surface area (Å²) in [7, 11) is 0. The van der Waals surface area contributed by atoms with Crippen LogP contribution >= 0.6 is 12.2 Å². The molecule has 0 bridgehead atoms. The van der Waals surface area contributed by atoms with E-state index in [1.807, 2.05) is 65.8 Å². The molecule has 2 aromatic carbocycles. The number of aromatic nitrogens is 2. The Morgan fingerprint density at radius 1 is 1.00 bits per heavy atom. The van der Waals surface area contributed by atoms with Gasteiger partial charge in [0.15, 0.2) is 5.11 Å². The van der Waals surface area contributed by atoms with Crippen LogP contribution in [-0.2, 0) is 0 Å². The Hall–Kier alpha value is -4.17. The number of carbonyl (C=O) groups is 1. The van der Waals surface area contributed by atoms with Crippen molar-refractivity contribution in [2.75, 3.05) is 4.90 Å². The lowest BCUT2D eigenvalue weighted by Crippen LogP contribution is -2.29. The second-order valence-corrected chi connectivity index (χ2v) is 8.86. The highest BCUT2D eigenvalue weighted by atomic mass is 32.1. The molecule has 2 atom stereocenters. The number of aromatic carboxylic acids is 1. The molecule has 2 aromatic heterocycles. The highest BCUT2D eigenvalue weighted by Crippen LogP contribution is 2.45. The monoisotopic (exact) mass is 484 g/mol. The molecule has 35 heavy (non-hydrogen) atoms. The lowest BCUT2D eigenvalue weighted by Gasteiger charge is -2.28. The maximum atomic E-state index is 12.0. The van der Waals surface area contributed by atoms with Crippen molar-refractivity contribution in [3.8, 4) is 11.4 Å². The van der Waals surface area contributed by atoms with Gasteiger partial charge in [-0.25, -0.2) is 4.79 Å². The molecule has 8 heteroatoms. The average Bonchev–Trinajstić information content (AvgIpc) is 3.35. The topological polar surface area (TPSA) is 90.6 Å². The van der Waals surface area contributed by atoms with Gasteiger partial charge in [-0.1, -0.05) is 30.3 Å². The van der Waals surface area contributed by atoms with Gasteiger partial charge in [0.2, 0.25) is 0 Å². The number of carboxylic acid groups (broad SMARTS) is 1. The third-order valence-corrected chi connectivity index (χ3v) is 6.72. The van der Waals surface area contributed by atoms with Crippen molar-refractivity contribution in [3.05, 3.63) is 107 Å². The summed E-state index contributed by atoms with van der Waals surface area (Å²) >= 11 is 5.76. The summed E-state index contributed by atoms with van der Waals surface area (Å²) in [6, 6.07) is 21.2. The Morgan fingerprint density at radius 2 is 1.69 bits per heavy atom. The summed E-state index contributed by atoms with van der Waals surface area (Å²) in [6.45, 7) is 3.93. The highest BCUT2D eigenvalue weighted by Gasteiger charge is 2.43. The van der Waals surface area contributed by atoms with Crippen LogP contribution in [0.1, 0.15) is 45.1 Å². The number of rotatable bonds is 5. The summed E-state index contributed by atoms with van der Waals surface area (Å²) < 4.78 is 1.96. The van der Waals surface area contributed by atoms with Gasteiger partial charge < -0.3 is 25.0 Å². The molecule has 0 amide bonds. The molecular weight excluding hydrogens is 460 g/mol. The van der Waals surface area contributed by atoms with Crippen LogP contribution in [0.2, 0.25) is 0 Å². The Labute approximate surface area is 208 Å². The molecule has 4 aromatic rings. The first kappa shape index (κ1) is 22.6. The number of thiocarbonyl (C=S) groups is 1. The first-order valence-corrected chi connectivity index (χ1v) is 11.6. The van der Waals surface area contributed by atoms with E-state index in [1.165, 1.54) is 0 Å². The van der Waals surface area contributed by atoms with Crippen LogP contribution in [0.25, 0.3) is 5.69 Å². The number of pyridine rings is 1. The Balaban J connectivity index is 1.72. The van der Waals surface area contributed by atoms with Gasteiger partial charge in [0.25, 0.3) is 0 Å². The fourth-order valence-electron chi connectivity index (χ4n) is 4.91. The molecule has 1 fully saturated rings. The lowest BCUT2D eigenvalue weighted by molar-refractivity contribution is 0.0697. The molecular formula is C27H24N4O3S. The Bertz CT molecular complexity index is 1430. The smallest absolute Gasteiger partial charge is 0.337 e. The van der Waals surface area contributed by atoms with Crippen LogP contribution in [-0.4, -0.2) is 30.8 Å². The van der Waals surface area contributed by atoms with Crippen molar-refractivity contribution >= 4 is 29.0 Å². The third kappa shape index (κ3) is 3.81. The Kier molecular flexibility index (Phi) is 5.74. The molecule has 0 radical (unpaired) electrons. The number of hydrogen-bond donors (Lipinski definition) is 3. The van der Waals surface area contributed by atoms with E-state index in [-0.39, 0.29) is 23.4 Å². The van der Waals surface area contributed by atoms with Crippen LogP contribution in [0.5, 0.6) is 5.75 Å². The average molecular weight is 485 g/mol. The van der Waals surface area contributed by atoms with E-state index in [2.05, 4.69) is 16.4 Å². The molecule has 0 spiro atoms. The van der Waals surface area contributed by atoms with Gasteiger partial charge in [0.05, 0.1) is 34.7 Å². The molecule has 1 saturated heterocycles. The van der Waals surface area contributed by atoms with E-state index in [4.69, 9.17) is 12.2 Å². The van der Waals surface area contributed by atoms with Gasteiger partial charge >= 0.3 is 5.97 Å². The second kappa shape index (κ2) is 8.88. The van der Waals surface area contributed by atoms with E-state index < -0.39 is 5.97 Å². The van der Waals surface area contributed by atoms with E-state index in [1.54, 1.807) is 30.5 Å². The zero-order valence-corrected chi connectivity index (χ0v) is 20.0. The molecule has 1 aliphatic heterocycles. The summed E-state index contributed by atoms with van der Waals surface area (Å²) in [5.41, 5.74) is 4.94. The number of benzene rings is 2. The van der Waals surface area contributed by atoms with Gasteiger partial charge in [0, 0.05) is 17.6 Å². The van der Waals surface area contributed by atoms with Crippen molar-refractivity contribution in [3.63, 3.8) is 0 Å². The minimum atomic E-state index is -0.986. The first-order chi connectivity index (χ1) is 16.9. The van der Waals surface area contributed by atoms with Crippen LogP contribution in [0.4, 0.5) is 5.69 Å². The second-order valence-electron chi connectivity index (χ2n) is 8.47. The van der Waals surface area contributed by atoms with E-state index >= 15 is 0 Å². The summed E-state index contributed by atoms with van der Waals surface area (Å²) in [5, 5.41) is 24.4. The van der Waals surface area contributed by atoms with E-state index in [9.17, 15) is 15.0 Å². The molecule has 176 valence electrons. The van der Waals surface area contributed by atoms with Crippen molar-refractivity contribution in [1.29, 1.82) is 0 Å². The van der Waals surface area contributed by atoms with Crippen molar-refractivity contribution in [2.24, 2.45) is 0 Å². The van der Waals surface area contributed by atoms with Crippen molar-refractivity contribution in [2.45, 2.75) is 25.9 Å². The van der Waals surface area contributed by atoms with Crippen LogP contribution in [0.15, 0.2) is 79.0 Å². The summed E-state index contributed by atoms with van der Waals surface area (Å²) in [4.78, 5) is 18.4. The molecule has 3 heterocycles. The standard InChI is InChI=1S/C27H24N4O3S/c1-16-15-19(17(2)30(16)21-11-4-3-9-18(21)26(33)34)25-24(20-10-7-8-14-28-20)29-27(35)31(25)22-12-5-6-13-23(22)32/h3-15,24-25,32H,1-2H3,(H,29,35)(H,33,34)/t24-,25+/m0/s1. The molecule has 3 N–H and O–H groups in total. The maximum absolute atomic E-state index is 12.0. The zero-order chi connectivity index (χ0) is 24.7. The molecule has 0 unspecified atom stereocenters. The zero-order valence-electron chi connectivity index (χ0n) is 19.2. The van der Waals surface area contributed by atoms with E-state index in [0.717, 1.165) is 22.6 Å². The lowest BCUT2D eigenvalue weighted by atomic mass is 9.96. The number of carboxylic acids is 1. The summed E-state index contributed by atoms with van der Waals surface area (Å²) in [5.74, 6) is -0.867. The Morgan fingerprint density at radius 3 is 2.37 bits per heavy atom. The first-order valence-electron chi connectivity index (χ1n) is 11.2. The number of aryl methyl sites for hydroxylation is 1. The minimum Gasteiger partial charge on any atom is -0.506 e. The predicted octanol–water partition coefficient (Wildman–Crippen LogP) is 5.07. The number of hydrogen-bond acceptors (Lipinski definition) is 4. The fourth-order valence-corrected chi connectivity index (χ4v) is 5.24. The van der Waals surface area contributed by atoms with Gasteiger partial charge in [0.1, 0.15) is 5.75 Å². The normalized spacial score (nSPS) is 17.4. The largest absolute Gasteiger partial charge is 0.506 e. The van der Waals surface area contributed by atoms with Crippen molar-refractivity contribution < 1.29 is 15.0 Å². The van der Waals surface area contributed by atoms with Crippen LogP contribution in [0, 0.1) is 13.8 Å². The maximum Gasteiger partial charge on any atom is 0.337 e. The molecule has 7 nitrogen and oxygen atoms in total. The number of nitrogens with one attached hydrogen (secondary N) is 1. The van der Waals surface area contributed by atoms with Crippen LogP contribution in [0.3, 0.4) is 0 Å². The van der Waals surface area contributed by atoms with Gasteiger partial charge in [-0.05, 0) is 74.1 Å². The number of aromatic hydroxyl groups is 1. The highest BCUT2D eigenvalue weighted by molar-refractivity contribution is 7.80. The number of anilines is 1. The quantitative estimate of drug-likeness (QED) is 0.341. The van der Waals surface area contributed by atoms with Crippen LogP contribution < -0.4 is 10.2 Å². The van der Waals surface area contributed by atoms with Gasteiger partial charge in [-0.3, -0.25) is 4.98 Å². The minimum absolute atomic E-state index is 0.119. The molecule has 5 rings (SSSR count). The fraction of sp³-hybridized carbons (Fsp3) is 0.148. The number of phenolic OH excluding ortho intramolecular Hbond substituents is 1. The molecule has 0 saturated carbocycles. The van der Waals surface area contributed by atoms with Crippen molar-refractivity contribution in [1.82, 2.24) is 14.9 Å². The number of nitrogens with zero attached hydrogens (tertiary/aromatic N) is 3. The third-order valence-electron chi connectivity index (χ3n) is 6.40. The molecule has 0 aliphatic carbocycles. The van der Waals surface area contributed by atoms with Gasteiger partial charge in [-0.2, -0.15) is 0 Å². The predicted molar refractivity (Wildman–Crippen MR) is 138 cm³/mol. The van der Waals surface area contributed by atoms with Gasteiger partial charge in [-0.15, -0.1) is 0 Å². The van der Waals surface area contributed by atoms with E-state index in [0.29, 0.717) is 16.5 Å². The summed E-state index contributed by atoms with van der Waals surface area (Å²) in [6.07, 6.45) is 1.74.